The maximum absolute atomic E-state index is 6.24. The molecule has 0 aliphatic heterocycles. The maximum Gasteiger partial charge on any atom is 0.124 e. The fraction of sp³-hybridized carbons (Fsp3) is 0.214. The minimum atomic E-state index is -0.277. The lowest BCUT2D eigenvalue weighted by atomic mass is 10.0. The Bertz CT molecular complexity index is 513. The van der Waals surface area contributed by atoms with Gasteiger partial charge in [0, 0.05) is 16.2 Å². The van der Waals surface area contributed by atoms with E-state index >= 15 is 0 Å². The molecule has 94 valence electrons. The minimum Gasteiger partial charge on any atom is -0.494 e. The first kappa shape index (κ1) is 13.1. The van der Waals surface area contributed by atoms with E-state index in [-0.39, 0.29) is 6.04 Å². The van der Waals surface area contributed by atoms with E-state index in [2.05, 4.69) is 20.9 Å². The van der Waals surface area contributed by atoms with Crippen molar-refractivity contribution in [1.82, 2.24) is 4.98 Å². The number of nitrogens with zero attached hydrogens (tertiary/aromatic N) is 1. The topological polar surface area (TPSA) is 48.1 Å². The van der Waals surface area contributed by atoms with Crippen molar-refractivity contribution < 1.29 is 4.74 Å². The lowest BCUT2D eigenvalue weighted by Gasteiger charge is -2.16. The van der Waals surface area contributed by atoms with Gasteiger partial charge >= 0.3 is 0 Å². The summed E-state index contributed by atoms with van der Waals surface area (Å²) < 4.78 is 6.53. The van der Waals surface area contributed by atoms with Crippen LogP contribution in [0.3, 0.4) is 0 Å². The van der Waals surface area contributed by atoms with Crippen LogP contribution in [-0.4, -0.2) is 11.6 Å². The molecule has 18 heavy (non-hydrogen) atoms. The van der Waals surface area contributed by atoms with E-state index in [4.69, 9.17) is 10.5 Å². The molecule has 0 spiro atoms. The molecule has 0 radical (unpaired) electrons. The van der Waals surface area contributed by atoms with E-state index in [0.29, 0.717) is 6.61 Å². The van der Waals surface area contributed by atoms with Gasteiger partial charge in [-0.1, -0.05) is 18.2 Å². The zero-order chi connectivity index (χ0) is 13.0. The van der Waals surface area contributed by atoms with Gasteiger partial charge in [-0.05, 0) is 41.1 Å². The molecule has 1 unspecified atom stereocenters. The Balaban J connectivity index is 2.33. The Morgan fingerprint density at radius 3 is 2.72 bits per heavy atom. The molecule has 2 rings (SSSR count). The van der Waals surface area contributed by atoms with Gasteiger partial charge in [-0.2, -0.15) is 0 Å². The first-order valence-electron chi connectivity index (χ1n) is 5.81. The van der Waals surface area contributed by atoms with Gasteiger partial charge in [0.15, 0.2) is 0 Å². The third-order valence-electron chi connectivity index (χ3n) is 2.62. The molecule has 0 saturated carbocycles. The number of hydrogen-bond donors (Lipinski definition) is 1. The fourth-order valence-electron chi connectivity index (χ4n) is 1.75. The monoisotopic (exact) mass is 306 g/mol. The van der Waals surface area contributed by atoms with Gasteiger partial charge in [-0.15, -0.1) is 0 Å². The molecule has 0 aliphatic carbocycles. The SMILES string of the molecule is CCOc1ccccc1C(N)c1ccc(Br)cn1. The predicted molar refractivity (Wildman–Crippen MR) is 75.6 cm³/mol. The quantitative estimate of drug-likeness (QED) is 0.943. The Morgan fingerprint density at radius 1 is 1.28 bits per heavy atom. The summed E-state index contributed by atoms with van der Waals surface area (Å²) in [5.74, 6) is 0.817. The van der Waals surface area contributed by atoms with E-state index < -0.39 is 0 Å². The standard InChI is InChI=1S/C14H15BrN2O/c1-2-18-13-6-4-3-5-11(13)14(16)12-8-7-10(15)9-17-12/h3-9,14H,2,16H2,1H3. The van der Waals surface area contributed by atoms with Crippen LogP contribution in [0.4, 0.5) is 0 Å². The van der Waals surface area contributed by atoms with Crippen molar-refractivity contribution in [3.05, 3.63) is 58.3 Å². The summed E-state index contributed by atoms with van der Waals surface area (Å²) in [5.41, 5.74) is 8.02. The molecule has 1 aromatic carbocycles. The number of benzene rings is 1. The summed E-state index contributed by atoms with van der Waals surface area (Å²) in [7, 11) is 0. The largest absolute Gasteiger partial charge is 0.494 e. The van der Waals surface area contributed by atoms with Crippen LogP contribution in [-0.2, 0) is 0 Å². The van der Waals surface area contributed by atoms with Crippen LogP contribution in [0.2, 0.25) is 0 Å². The Hall–Kier alpha value is -1.39. The number of halogens is 1. The molecule has 0 amide bonds. The summed E-state index contributed by atoms with van der Waals surface area (Å²) in [6.07, 6.45) is 1.75. The van der Waals surface area contributed by atoms with Crippen molar-refractivity contribution in [1.29, 1.82) is 0 Å². The van der Waals surface area contributed by atoms with Crippen LogP contribution < -0.4 is 10.5 Å². The smallest absolute Gasteiger partial charge is 0.124 e. The van der Waals surface area contributed by atoms with Crippen molar-refractivity contribution in [2.75, 3.05) is 6.61 Å². The molecule has 2 aromatic rings. The maximum atomic E-state index is 6.24. The van der Waals surface area contributed by atoms with Gasteiger partial charge in [0.05, 0.1) is 18.3 Å². The predicted octanol–water partition coefficient (Wildman–Crippen LogP) is 3.29. The summed E-state index contributed by atoms with van der Waals surface area (Å²) >= 11 is 3.36. The summed E-state index contributed by atoms with van der Waals surface area (Å²) in [6.45, 7) is 2.58. The first-order chi connectivity index (χ1) is 8.72. The second-order valence-corrected chi connectivity index (χ2v) is 4.77. The summed E-state index contributed by atoms with van der Waals surface area (Å²) in [6, 6.07) is 11.4. The van der Waals surface area contributed by atoms with Gasteiger partial charge in [0.2, 0.25) is 0 Å². The molecule has 1 atom stereocenters. The summed E-state index contributed by atoms with van der Waals surface area (Å²) in [4.78, 5) is 4.33. The second kappa shape index (κ2) is 5.98. The van der Waals surface area contributed by atoms with E-state index in [9.17, 15) is 0 Å². The zero-order valence-electron chi connectivity index (χ0n) is 10.1. The van der Waals surface area contributed by atoms with Crippen molar-refractivity contribution in [3.63, 3.8) is 0 Å². The third kappa shape index (κ3) is 2.89. The average Bonchev–Trinajstić information content (AvgIpc) is 2.40. The Kier molecular flexibility index (Phi) is 4.33. The van der Waals surface area contributed by atoms with Gasteiger partial charge in [0.25, 0.3) is 0 Å². The van der Waals surface area contributed by atoms with Crippen LogP contribution in [0.5, 0.6) is 5.75 Å². The van der Waals surface area contributed by atoms with Crippen LogP contribution in [0.25, 0.3) is 0 Å². The molecular weight excluding hydrogens is 292 g/mol. The average molecular weight is 307 g/mol. The zero-order valence-corrected chi connectivity index (χ0v) is 11.7. The Morgan fingerprint density at radius 2 is 2.06 bits per heavy atom. The summed E-state index contributed by atoms with van der Waals surface area (Å²) in [5, 5.41) is 0. The number of para-hydroxylation sites is 1. The highest BCUT2D eigenvalue weighted by Gasteiger charge is 2.14. The lowest BCUT2D eigenvalue weighted by molar-refractivity contribution is 0.335. The molecule has 0 fully saturated rings. The normalized spacial score (nSPS) is 12.2. The fourth-order valence-corrected chi connectivity index (χ4v) is 1.99. The lowest BCUT2D eigenvalue weighted by Crippen LogP contribution is -2.14. The number of pyridine rings is 1. The molecule has 0 aliphatic rings. The van der Waals surface area contributed by atoms with Crippen LogP contribution in [0, 0.1) is 0 Å². The number of aromatic nitrogens is 1. The molecule has 2 N–H and O–H groups in total. The molecule has 1 heterocycles. The molecule has 0 bridgehead atoms. The number of nitrogens with two attached hydrogens (primary N) is 1. The van der Waals surface area contributed by atoms with E-state index in [0.717, 1.165) is 21.5 Å². The van der Waals surface area contributed by atoms with Crippen LogP contribution >= 0.6 is 15.9 Å². The highest BCUT2D eigenvalue weighted by Crippen LogP contribution is 2.27. The van der Waals surface area contributed by atoms with Crippen LogP contribution in [0.15, 0.2) is 47.1 Å². The minimum absolute atomic E-state index is 0.277. The number of ether oxygens (including phenoxy) is 1. The third-order valence-corrected chi connectivity index (χ3v) is 3.09. The van der Waals surface area contributed by atoms with Gasteiger partial charge in [-0.25, -0.2) is 0 Å². The number of rotatable bonds is 4. The molecule has 0 saturated heterocycles. The van der Waals surface area contributed by atoms with Crippen LogP contribution in [0.1, 0.15) is 24.2 Å². The van der Waals surface area contributed by atoms with E-state index in [1.54, 1.807) is 6.20 Å². The highest BCUT2D eigenvalue weighted by atomic mass is 79.9. The molecule has 3 nitrogen and oxygen atoms in total. The van der Waals surface area contributed by atoms with Crippen molar-refractivity contribution in [3.8, 4) is 5.75 Å². The van der Waals surface area contributed by atoms with E-state index in [1.165, 1.54) is 0 Å². The number of hydrogen-bond acceptors (Lipinski definition) is 3. The highest BCUT2D eigenvalue weighted by molar-refractivity contribution is 9.10. The van der Waals surface area contributed by atoms with Gasteiger partial charge < -0.3 is 10.5 Å². The molecular formula is C14H15BrN2O. The van der Waals surface area contributed by atoms with Crippen molar-refractivity contribution in [2.24, 2.45) is 5.73 Å². The Labute approximate surface area is 115 Å². The second-order valence-electron chi connectivity index (χ2n) is 3.85. The van der Waals surface area contributed by atoms with Gasteiger partial charge in [-0.3, -0.25) is 4.98 Å². The molecule has 4 heteroatoms. The van der Waals surface area contributed by atoms with Crippen molar-refractivity contribution >= 4 is 15.9 Å². The molecule has 1 aromatic heterocycles. The van der Waals surface area contributed by atoms with Gasteiger partial charge in [0.1, 0.15) is 5.75 Å². The first-order valence-corrected chi connectivity index (χ1v) is 6.60. The van der Waals surface area contributed by atoms with Crippen molar-refractivity contribution in [2.45, 2.75) is 13.0 Å². The van der Waals surface area contributed by atoms with E-state index in [1.807, 2.05) is 43.3 Å².